The number of hydrogen-bond acceptors (Lipinski definition) is 6. The Balaban J connectivity index is 1.69. The van der Waals surface area contributed by atoms with Crippen LogP contribution in [0.25, 0.3) is 0 Å². The van der Waals surface area contributed by atoms with Crippen LogP contribution in [0, 0.1) is 5.92 Å². The number of carboxylic acid groups (broad SMARTS) is 1. The average molecular weight is 392 g/mol. The summed E-state index contributed by atoms with van der Waals surface area (Å²) in [6, 6.07) is 5.05. The minimum absolute atomic E-state index is 0.289. The number of aliphatic hydroxyl groups is 2. The van der Waals surface area contributed by atoms with Gasteiger partial charge in [-0.1, -0.05) is 44.4 Å². The molecule has 1 aromatic rings. The van der Waals surface area contributed by atoms with Crippen molar-refractivity contribution in [3.05, 3.63) is 30.4 Å². The van der Waals surface area contributed by atoms with E-state index in [0.29, 0.717) is 30.1 Å². The Kier molecular flexibility index (Phi) is 6.80. The molecule has 7 heteroatoms. The molecule has 1 aliphatic heterocycles. The third-order valence-corrected chi connectivity index (χ3v) is 5.15. The lowest BCUT2D eigenvalue weighted by atomic mass is 10.00. The minimum Gasteiger partial charge on any atom is -0.482 e. The molecule has 0 radical (unpaired) electrons. The summed E-state index contributed by atoms with van der Waals surface area (Å²) in [5, 5.41) is 29.4. The predicted molar refractivity (Wildman–Crippen MR) is 102 cm³/mol. The Labute approximate surface area is 164 Å². The first-order valence-electron chi connectivity index (χ1n) is 9.85. The molecule has 3 rings (SSSR count). The standard InChI is InChI=1S/C21H28O7/c1-2-3-4-6-13(22)9-10-14-15(23)11-18-20(14)27-17-8-5-7-16(21(17)28-18)26-12-19(24)25/h5,7-10,13-15,18,20,22-23H,2-4,6,11-12H2,1H3,(H,24,25)/b10-9+/t13-,14+,15-,18+,20-/m0/s1. The summed E-state index contributed by atoms with van der Waals surface area (Å²) >= 11 is 0. The first kappa shape index (κ1) is 20.5. The molecule has 1 fully saturated rings. The topological polar surface area (TPSA) is 105 Å². The van der Waals surface area contributed by atoms with Crippen LogP contribution >= 0.6 is 0 Å². The third-order valence-electron chi connectivity index (χ3n) is 5.15. The maximum absolute atomic E-state index is 10.8. The molecule has 0 bridgehead atoms. The summed E-state index contributed by atoms with van der Waals surface area (Å²) < 4.78 is 17.4. The molecule has 28 heavy (non-hydrogen) atoms. The molecule has 1 saturated carbocycles. The van der Waals surface area contributed by atoms with E-state index >= 15 is 0 Å². The molecule has 5 atom stereocenters. The van der Waals surface area contributed by atoms with Crippen LogP contribution in [-0.4, -0.2) is 52.3 Å². The van der Waals surface area contributed by atoms with E-state index in [-0.39, 0.29) is 18.1 Å². The van der Waals surface area contributed by atoms with E-state index in [0.717, 1.165) is 19.3 Å². The molecule has 7 nitrogen and oxygen atoms in total. The van der Waals surface area contributed by atoms with Crippen molar-refractivity contribution in [1.29, 1.82) is 0 Å². The molecule has 0 amide bonds. The highest BCUT2D eigenvalue weighted by Crippen LogP contribution is 2.46. The highest BCUT2D eigenvalue weighted by molar-refractivity contribution is 5.68. The second-order valence-electron chi connectivity index (χ2n) is 7.33. The smallest absolute Gasteiger partial charge is 0.341 e. The molecular formula is C21H28O7. The summed E-state index contributed by atoms with van der Waals surface area (Å²) in [6.07, 6.45) is 5.86. The average Bonchev–Trinajstić information content (AvgIpc) is 2.97. The van der Waals surface area contributed by atoms with E-state index < -0.39 is 24.8 Å². The number of fused-ring (bicyclic) bond motifs is 2. The van der Waals surface area contributed by atoms with E-state index in [1.165, 1.54) is 0 Å². The van der Waals surface area contributed by atoms with Crippen LogP contribution in [0.1, 0.15) is 39.0 Å². The van der Waals surface area contributed by atoms with Gasteiger partial charge in [-0.05, 0) is 18.6 Å². The van der Waals surface area contributed by atoms with Gasteiger partial charge in [0.2, 0.25) is 5.75 Å². The number of carboxylic acids is 1. The van der Waals surface area contributed by atoms with Gasteiger partial charge in [0.1, 0.15) is 12.2 Å². The van der Waals surface area contributed by atoms with Crippen LogP contribution in [0.2, 0.25) is 0 Å². The van der Waals surface area contributed by atoms with Crippen molar-refractivity contribution < 1.29 is 34.3 Å². The Morgan fingerprint density at radius 2 is 2.18 bits per heavy atom. The molecule has 3 N–H and O–H groups in total. The highest BCUT2D eigenvalue weighted by atomic mass is 16.6. The zero-order valence-electron chi connectivity index (χ0n) is 16.0. The van der Waals surface area contributed by atoms with Crippen molar-refractivity contribution >= 4 is 5.97 Å². The second kappa shape index (κ2) is 9.30. The fraction of sp³-hybridized carbons (Fsp3) is 0.571. The number of aliphatic carboxylic acids is 1. The largest absolute Gasteiger partial charge is 0.482 e. The van der Waals surface area contributed by atoms with Crippen LogP contribution in [0.4, 0.5) is 0 Å². The highest BCUT2D eigenvalue weighted by Gasteiger charge is 2.47. The van der Waals surface area contributed by atoms with Crippen LogP contribution in [-0.2, 0) is 4.79 Å². The van der Waals surface area contributed by atoms with Gasteiger partial charge >= 0.3 is 5.97 Å². The van der Waals surface area contributed by atoms with E-state index in [9.17, 15) is 15.0 Å². The number of unbranched alkanes of at least 4 members (excludes halogenated alkanes) is 2. The summed E-state index contributed by atoms with van der Waals surface area (Å²) in [7, 11) is 0. The van der Waals surface area contributed by atoms with Crippen LogP contribution in [0.3, 0.4) is 0 Å². The van der Waals surface area contributed by atoms with Crippen molar-refractivity contribution in [2.24, 2.45) is 5.92 Å². The molecule has 0 unspecified atom stereocenters. The van der Waals surface area contributed by atoms with Gasteiger partial charge in [-0.3, -0.25) is 0 Å². The first-order chi connectivity index (χ1) is 13.5. The van der Waals surface area contributed by atoms with Gasteiger partial charge < -0.3 is 29.5 Å². The second-order valence-corrected chi connectivity index (χ2v) is 7.33. The Bertz CT molecular complexity index is 702. The van der Waals surface area contributed by atoms with Crippen LogP contribution < -0.4 is 14.2 Å². The molecule has 0 spiro atoms. The molecule has 1 heterocycles. The summed E-state index contributed by atoms with van der Waals surface area (Å²) in [5.41, 5.74) is 0. The van der Waals surface area contributed by atoms with Gasteiger partial charge in [0, 0.05) is 12.3 Å². The zero-order chi connectivity index (χ0) is 20.1. The number of aliphatic hydroxyl groups excluding tert-OH is 2. The van der Waals surface area contributed by atoms with Gasteiger partial charge in [-0.2, -0.15) is 0 Å². The van der Waals surface area contributed by atoms with E-state index in [2.05, 4.69) is 6.92 Å². The van der Waals surface area contributed by atoms with Crippen LogP contribution in [0.15, 0.2) is 30.4 Å². The molecule has 0 aromatic heterocycles. The molecule has 0 saturated heterocycles. The fourth-order valence-electron chi connectivity index (χ4n) is 3.72. The lowest BCUT2D eigenvalue weighted by Gasteiger charge is -2.32. The summed E-state index contributed by atoms with van der Waals surface area (Å²) in [5.74, 6) is -0.242. The molecule has 1 aliphatic carbocycles. The SMILES string of the molecule is CCCCC[C@H](O)/C=C/[C@H]1[C@@H]2Oc3cccc(OCC(=O)O)c3O[C@@H]2C[C@@H]1O. The normalized spacial score (nSPS) is 26.8. The Morgan fingerprint density at radius 1 is 1.36 bits per heavy atom. The Hall–Kier alpha value is -2.25. The molecule has 154 valence electrons. The Morgan fingerprint density at radius 3 is 2.93 bits per heavy atom. The maximum atomic E-state index is 10.8. The molecule has 1 aromatic carbocycles. The number of benzene rings is 1. The minimum atomic E-state index is -1.08. The lowest BCUT2D eigenvalue weighted by Crippen LogP contribution is -2.39. The fourth-order valence-corrected chi connectivity index (χ4v) is 3.72. The van der Waals surface area contributed by atoms with E-state index in [4.69, 9.17) is 19.3 Å². The number of ether oxygens (including phenoxy) is 3. The first-order valence-corrected chi connectivity index (χ1v) is 9.85. The van der Waals surface area contributed by atoms with E-state index in [1.807, 2.05) is 6.08 Å². The number of carbonyl (C=O) groups is 1. The monoisotopic (exact) mass is 392 g/mol. The molecule has 2 aliphatic rings. The van der Waals surface area contributed by atoms with Gasteiger partial charge in [-0.15, -0.1) is 0 Å². The van der Waals surface area contributed by atoms with Crippen molar-refractivity contribution in [1.82, 2.24) is 0 Å². The van der Waals surface area contributed by atoms with Gasteiger partial charge in [0.15, 0.2) is 18.1 Å². The quantitative estimate of drug-likeness (QED) is 0.438. The van der Waals surface area contributed by atoms with Crippen molar-refractivity contribution in [3.8, 4) is 17.2 Å². The van der Waals surface area contributed by atoms with Crippen molar-refractivity contribution in [2.75, 3.05) is 6.61 Å². The van der Waals surface area contributed by atoms with Crippen molar-refractivity contribution in [2.45, 2.75) is 63.4 Å². The van der Waals surface area contributed by atoms with Gasteiger partial charge in [0.25, 0.3) is 0 Å². The van der Waals surface area contributed by atoms with Crippen LogP contribution in [0.5, 0.6) is 17.2 Å². The number of para-hydroxylation sites is 1. The van der Waals surface area contributed by atoms with Gasteiger partial charge in [-0.25, -0.2) is 4.79 Å². The predicted octanol–water partition coefficient (Wildman–Crippen LogP) is 2.54. The van der Waals surface area contributed by atoms with Crippen molar-refractivity contribution in [3.63, 3.8) is 0 Å². The number of hydrogen-bond donors (Lipinski definition) is 3. The van der Waals surface area contributed by atoms with Gasteiger partial charge in [0.05, 0.1) is 12.2 Å². The zero-order valence-corrected chi connectivity index (χ0v) is 16.0. The summed E-state index contributed by atoms with van der Waals surface area (Å²) in [6.45, 7) is 1.64. The number of rotatable bonds is 9. The van der Waals surface area contributed by atoms with E-state index in [1.54, 1.807) is 24.3 Å². The third kappa shape index (κ3) is 4.77. The molecular weight excluding hydrogens is 364 g/mol. The summed E-state index contributed by atoms with van der Waals surface area (Å²) in [4.78, 5) is 10.8. The lowest BCUT2D eigenvalue weighted by molar-refractivity contribution is -0.139. The maximum Gasteiger partial charge on any atom is 0.341 e.